The number of amides is 2. The largest absolute Gasteiger partial charge is 0.385 e. The van der Waals surface area contributed by atoms with Gasteiger partial charge in [0.05, 0.1) is 0 Å². The summed E-state index contributed by atoms with van der Waals surface area (Å²) in [6, 6.07) is 24.3. The van der Waals surface area contributed by atoms with Crippen LogP contribution in [0.3, 0.4) is 0 Å². The van der Waals surface area contributed by atoms with Crippen molar-refractivity contribution in [1.82, 2.24) is 10.2 Å². The van der Waals surface area contributed by atoms with Crippen LogP contribution in [-0.2, 0) is 27.3 Å². The molecule has 178 valence electrons. The van der Waals surface area contributed by atoms with E-state index in [0.29, 0.717) is 26.0 Å². The quantitative estimate of drug-likeness (QED) is 0.398. The molecule has 0 spiro atoms. The first kappa shape index (κ1) is 25.1. The number of carbonyl (C=O) groups is 2. The molecule has 0 aliphatic carbocycles. The monoisotopic (exact) mass is 462 g/mol. The number of ether oxygens (including phenoxy) is 1. The van der Waals surface area contributed by atoms with E-state index in [1.807, 2.05) is 60.7 Å². The molecule has 0 saturated heterocycles. The zero-order valence-corrected chi connectivity index (χ0v) is 19.5. The molecule has 0 radical (unpaired) electrons. The molecular formula is C28H31FN2O3. The van der Waals surface area contributed by atoms with Crippen molar-refractivity contribution in [2.45, 2.75) is 31.8 Å². The van der Waals surface area contributed by atoms with Gasteiger partial charge in [-0.05, 0) is 41.7 Å². The third-order valence-electron chi connectivity index (χ3n) is 5.56. The van der Waals surface area contributed by atoms with Gasteiger partial charge in [0.15, 0.2) is 0 Å². The molecule has 0 heterocycles. The van der Waals surface area contributed by atoms with Gasteiger partial charge >= 0.3 is 0 Å². The summed E-state index contributed by atoms with van der Waals surface area (Å²) in [6.45, 7) is 1.17. The summed E-state index contributed by atoms with van der Waals surface area (Å²) in [7, 11) is 1.62. The van der Waals surface area contributed by atoms with Crippen molar-refractivity contribution in [3.8, 4) is 0 Å². The second kappa shape index (κ2) is 13.3. The molecular weight excluding hydrogens is 431 g/mol. The lowest BCUT2D eigenvalue weighted by atomic mass is 10.0. The normalized spacial score (nSPS) is 11.6. The number of nitrogens with one attached hydrogen (secondary N) is 1. The minimum atomic E-state index is -0.808. The first-order valence-electron chi connectivity index (χ1n) is 11.5. The SMILES string of the molecule is COCCCNC(=O)[C@H](c1ccccc1)N(Cc1ccc(F)cc1)C(=O)CCc1ccccc1. The fraction of sp³-hybridized carbons (Fsp3) is 0.286. The second-order valence-electron chi connectivity index (χ2n) is 8.08. The Balaban J connectivity index is 1.88. The highest BCUT2D eigenvalue weighted by atomic mass is 19.1. The highest BCUT2D eigenvalue weighted by molar-refractivity contribution is 5.88. The van der Waals surface area contributed by atoms with Crippen LogP contribution in [-0.4, -0.2) is 37.0 Å². The number of nitrogens with zero attached hydrogens (tertiary/aromatic N) is 1. The van der Waals surface area contributed by atoms with E-state index in [0.717, 1.165) is 16.7 Å². The Kier molecular flexibility index (Phi) is 9.80. The van der Waals surface area contributed by atoms with Crippen LogP contribution in [0, 0.1) is 5.82 Å². The molecule has 6 heteroatoms. The van der Waals surface area contributed by atoms with E-state index in [4.69, 9.17) is 4.74 Å². The molecule has 0 aliphatic rings. The maximum atomic E-state index is 13.5. The zero-order chi connectivity index (χ0) is 24.2. The van der Waals surface area contributed by atoms with Gasteiger partial charge in [-0.15, -0.1) is 0 Å². The van der Waals surface area contributed by atoms with Crippen molar-refractivity contribution in [2.75, 3.05) is 20.3 Å². The molecule has 1 atom stereocenters. The van der Waals surface area contributed by atoms with Crippen LogP contribution in [0.4, 0.5) is 4.39 Å². The summed E-state index contributed by atoms with van der Waals surface area (Å²) in [5.41, 5.74) is 2.53. The predicted octanol–water partition coefficient (Wildman–Crippen LogP) is 4.68. The van der Waals surface area contributed by atoms with Crippen LogP contribution >= 0.6 is 0 Å². The number of hydrogen-bond donors (Lipinski definition) is 1. The second-order valence-corrected chi connectivity index (χ2v) is 8.08. The summed E-state index contributed by atoms with van der Waals surface area (Å²) in [4.78, 5) is 28.5. The summed E-state index contributed by atoms with van der Waals surface area (Å²) >= 11 is 0. The molecule has 34 heavy (non-hydrogen) atoms. The third kappa shape index (κ3) is 7.52. The Labute approximate surface area is 200 Å². The van der Waals surface area contributed by atoms with Crippen LogP contribution in [0.15, 0.2) is 84.9 Å². The maximum Gasteiger partial charge on any atom is 0.247 e. The van der Waals surface area contributed by atoms with Gasteiger partial charge in [0.2, 0.25) is 11.8 Å². The van der Waals surface area contributed by atoms with Gasteiger partial charge in [-0.1, -0.05) is 72.8 Å². The number of rotatable bonds is 12. The Hall–Kier alpha value is -3.51. The highest BCUT2D eigenvalue weighted by Crippen LogP contribution is 2.25. The molecule has 0 bridgehead atoms. The standard InChI is InChI=1S/C28H31FN2O3/c1-34-20-8-19-30-28(33)27(24-11-6-3-7-12-24)31(21-23-13-16-25(29)17-14-23)26(32)18-15-22-9-4-2-5-10-22/h2-7,9-14,16-17,27H,8,15,18-21H2,1H3,(H,30,33)/t27-/m0/s1. The predicted molar refractivity (Wildman–Crippen MR) is 130 cm³/mol. The molecule has 0 saturated carbocycles. The number of carbonyl (C=O) groups excluding carboxylic acids is 2. The Morgan fingerprint density at radius 3 is 2.21 bits per heavy atom. The minimum absolute atomic E-state index is 0.144. The van der Waals surface area contributed by atoms with Gasteiger partial charge in [-0.25, -0.2) is 4.39 Å². The Morgan fingerprint density at radius 1 is 0.912 bits per heavy atom. The van der Waals surface area contributed by atoms with E-state index in [1.165, 1.54) is 12.1 Å². The van der Waals surface area contributed by atoms with Crippen molar-refractivity contribution in [3.05, 3.63) is 107 Å². The lowest BCUT2D eigenvalue weighted by Gasteiger charge is -2.32. The number of aryl methyl sites for hydroxylation is 1. The van der Waals surface area contributed by atoms with Gasteiger partial charge in [-0.3, -0.25) is 9.59 Å². The highest BCUT2D eigenvalue weighted by Gasteiger charge is 2.31. The van der Waals surface area contributed by atoms with Crippen LogP contribution in [0.2, 0.25) is 0 Å². The van der Waals surface area contributed by atoms with Crippen LogP contribution < -0.4 is 5.32 Å². The molecule has 2 amide bonds. The van der Waals surface area contributed by atoms with Crippen LogP contribution in [0.1, 0.15) is 35.6 Å². The van der Waals surface area contributed by atoms with E-state index in [9.17, 15) is 14.0 Å². The van der Waals surface area contributed by atoms with E-state index < -0.39 is 6.04 Å². The van der Waals surface area contributed by atoms with E-state index >= 15 is 0 Å². The number of benzene rings is 3. The fourth-order valence-electron chi connectivity index (χ4n) is 3.78. The molecule has 5 nitrogen and oxygen atoms in total. The van der Waals surface area contributed by atoms with E-state index in [-0.39, 0.29) is 30.6 Å². The zero-order valence-electron chi connectivity index (χ0n) is 19.5. The summed E-state index contributed by atoms with van der Waals surface area (Å²) in [5.74, 6) is -0.743. The molecule has 0 aliphatic heterocycles. The molecule has 1 N–H and O–H groups in total. The topological polar surface area (TPSA) is 58.6 Å². The molecule has 3 rings (SSSR count). The van der Waals surface area contributed by atoms with Crippen molar-refractivity contribution < 1.29 is 18.7 Å². The van der Waals surface area contributed by atoms with Crippen LogP contribution in [0.5, 0.6) is 0 Å². The average molecular weight is 463 g/mol. The van der Waals surface area contributed by atoms with Crippen LogP contribution in [0.25, 0.3) is 0 Å². The summed E-state index contributed by atoms with van der Waals surface area (Å²) < 4.78 is 18.6. The molecule has 0 aromatic heterocycles. The van der Waals surface area contributed by atoms with Gasteiger partial charge in [0, 0.05) is 33.2 Å². The van der Waals surface area contributed by atoms with Crippen molar-refractivity contribution in [3.63, 3.8) is 0 Å². The number of halogens is 1. The molecule has 0 fully saturated rings. The van der Waals surface area contributed by atoms with Crippen molar-refractivity contribution in [2.24, 2.45) is 0 Å². The van der Waals surface area contributed by atoms with E-state index in [1.54, 1.807) is 24.1 Å². The lowest BCUT2D eigenvalue weighted by Crippen LogP contribution is -2.43. The van der Waals surface area contributed by atoms with Gasteiger partial charge < -0.3 is 15.0 Å². The fourth-order valence-corrected chi connectivity index (χ4v) is 3.78. The lowest BCUT2D eigenvalue weighted by molar-refractivity contribution is -0.141. The maximum absolute atomic E-state index is 13.5. The number of hydrogen-bond acceptors (Lipinski definition) is 3. The van der Waals surface area contributed by atoms with Gasteiger partial charge in [-0.2, -0.15) is 0 Å². The number of methoxy groups -OCH3 is 1. The first-order chi connectivity index (χ1) is 16.6. The molecule has 3 aromatic carbocycles. The average Bonchev–Trinajstić information content (AvgIpc) is 2.87. The summed E-state index contributed by atoms with van der Waals surface area (Å²) in [6.07, 6.45) is 1.49. The molecule has 3 aromatic rings. The third-order valence-corrected chi connectivity index (χ3v) is 5.56. The van der Waals surface area contributed by atoms with Crippen molar-refractivity contribution in [1.29, 1.82) is 0 Å². The van der Waals surface area contributed by atoms with Crippen molar-refractivity contribution >= 4 is 11.8 Å². The Bertz CT molecular complexity index is 1030. The van der Waals surface area contributed by atoms with Gasteiger partial charge in [0.25, 0.3) is 0 Å². The minimum Gasteiger partial charge on any atom is -0.385 e. The molecule has 0 unspecified atom stereocenters. The first-order valence-corrected chi connectivity index (χ1v) is 11.5. The van der Waals surface area contributed by atoms with E-state index in [2.05, 4.69) is 5.32 Å². The smallest absolute Gasteiger partial charge is 0.247 e. The summed E-state index contributed by atoms with van der Waals surface area (Å²) in [5, 5.41) is 2.95. The van der Waals surface area contributed by atoms with Gasteiger partial charge in [0.1, 0.15) is 11.9 Å². The Morgan fingerprint density at radius 2 is 1.56 bits per heavy atom.